The number of anilines is 1. The lowest BCUT2D eigenvalue weighted by molar-refractivity contribution is -0.384. The van der Waals surface area contributed by atoms with Gasteiger partial charge in [-0.1, -0.05) is 12.1 Å². The van der Waals surface area contributed by atoms with Gasteiger partial charge < -0.3 is 10.5 Å². The zero-order valence-corrected chi connectivity index (χ0v) is 16.2. The number of nitrogens with two attached hydrogens (primary N) is 1. The second kappa shape index (κ2) is 6.90. The molecule has 1 aromatic carbocycles. The van der Waals surface area contributed by atoms with Crippen molar-refractivity contribution in [2.75, 3.05) is 12.8 Å². The highest BCUT2D eigenvalue weighted by Gasteiger charge is 2.41. The van der Waals surface area contributed by atoms with E-state index < -0.39 is 22.7 Å². The van der Waals surface area contributed by atoms with E-state index in [0.29, 0.717) is 28.3 Å². The van der Waals surface area contributed by atoms with Crippen LogP contribution in [0.3, 0.4) is 0 Å². The normalized spacial score (nSPS) is 20.1. The number of nitrogens with zero attached hydrogens (tertiary/aromatic N) is 3. The Morgan fingerprint density at radius 1 is 1.39 bits per heavy atom. The summed E-state index contributed by atoms with van der Waals surface area (Å²) in [6.45, 7) is 1.74. The van der Waals surface area contributed by atoms with Crippen LogP contribution in [0.15, 0.2) is 29.3 Å². The van der Waals surface area contributed by atoms with Crippen LogP contribution in [0.1, 0.15) is 35.2 Å². The van der Waals surface area contributed by atoms with E-state index in [2.05, 4.69) is 9.98 Å². The van der Waals surface area contributed by atoms with Gasteiger partial charge in [0.25, 0.3) is 5.69 Å². The number of hydrogen-bond acceptors (Lipinski definition) is 8. The molecule has 0 spiro atoms. The van der Waals surface area contributed by atoms with E-state index in [-0.39, 0.29) is 5.69 Å². The van der Waals surface area contributed by atoms with E-state index in [9.17, 15) is 14.9 Å². The Balaban J connectivity index is 1.98. The van der Waals surface area contributed by atoms with E-state index in [0.717, 1.165) is 22.8 Å². The number of pyridine rings is 1. The van der Waals surface area contributed by atoms with Crippen LogP contribution in [-0.4, -0.2) is 28.7 Å². The van der Waals surface area contributed by atoms with Gasteiger partial charge in [-0.3, -0.25) is 14.9 Å². The molecule has 8 nitrogen and oxygen atoms in total. The number of rotatable bonds is 3. The SMILES string of the molecule is COC(=O)C1C(C)=Nc2nc3c(c(N)c2C1c1cccc([N+](=O)[O-])c1)CSC3. The Hall–Kier alpha value is -2.94. The van der Waals surface area contributed by atoms with Crippen LogP contribution in [0, 0.1) is 16.0 Å². The summed E-state index contributed by atoms with van der Waals surface area (Å²) in [5, 5.41) is 11.3. The number of thioether (sulfide) groups is 1. The lowest BCUT2D eigenvalue weighted by Crippen LogP contribution is -2.33. The molecule has 2 atom stereocenters. The van der Waals surface area contributed by atoms with Crippen LogP contribution < -0.4 is 5.73 Å². The first-order chi connectivity index (χ1) is 13.4. The first-order valence-corrected chi connectivity index (χ1v) is 9.84. The Kier molecular flexibility index (Phi) is 4.54. The standard InChI is InChI=1S/C19H18N4O4S/c1-9-14(19(24)27-2)15(10-4-3-5-11(6-10)23(25)26)16-17(20)12-7-28-8-13(12)22-18(16)21-9/h3-6,14-15H,7-8H2,1-2H3,(H2,20,22). The number of hydrogen-bond donors (Lipinski definition) is 1. The first-order valence-electron chi connectivity index (χ1n) is 8.68. The number of non-ortho nitro benzene ring substituents is 1. The number of methoxy groups -OCH3 is 1. The van der Waals surface area contributed by atoms with Gasteiger partial charge in [0.1, 0.15) is 5.92 Å². The lowest BCUT2D eigenvalue weighted by atomic mass is 9.75. The van der Waals surface area contributed by atoms with Gasteiger partial charge in [0, 0.05) is 52.1 Å². The molecular weight excluding hydrogens is 380 g/mol. The molecule has 144 valence electrons. The average molecular weight is 398 g/mol. The van der Waals surface area contributed by atoms with Crippen molar-refractivity contribution in [1.82, 2.24) is 4.98 Å². The molecule has 28 heavy (non-hydrogen) atoms. The zero-order valence-electron chi connectivity index (χ0n) is 15.3. The van der Waals surface area contributed by atoms with Gasteiger partial charge in [-0.05, 0) is 12.5 Å². The summed E-state index contributed by atoms with van der Waals surface area (Å²) in [4.78, 5) is 32.7. The fourth-order valence-corrected chi connectivity index (χ4v) is 4.95. The van der Waals surface area contributed by atoms with Crippen LogP contribution in [0.25, 0.3) is 0 Å². The molecule has 0 saturated carbocycles. The minimum atomic E-state index is -0.726. The molecule has 0 amide bonds. The minimum absolute atomic E-state index is 0.0499. The van der Waals surface area contributed by atoms with Gasteiger partial charge in [0.05, 0.1) is 17.7 Å². The summed E-state index contributed by atoms with van der Waals surface area (Å²) in [7, 11) is 1.32. The molecule has 0 fully saturated rings. The number of carbonyl (C=O) groups is 1. The number of ether oxygens (including phenoxy) is 1. The molecule has 1 aromatic heterocycles. The summed E-state index contributed by atoms with van der Waals surface area (Å²) < 4.78 is 5.02. The van der Waals surface area contributed by atoms with Gasteiger partial charge in [0.15, 0.2) is 5.82 Å². The predicted molar refractivity (Wildman–Crippen MR) is 107 cm³/mol. The molecule has 4 rings (SSSR count). The van der Waals surface area contributed by atoms with Crippen molar-refractivity contribution in [2.24, 2.45) is 10.9 Å². The average Bonchev–Trinajstić information content (AvgIpc) is 3.15. The molecule has 0 bridgehead atoms. The lowest BCUT2D eigenvalue weighted by Gasteiger charge is -2.32. The maximum atomic E-state index is 12.6. The number of nitrogen functional groups attached to an aromatic ring is 1. The second-order valence-electron chi connectivity index (χ2n) is 6.76. The highest BCUT2D eigenvalue weighted by atomic mass is 32.2. The zero-order chi connectivity index (χ0) is 20.0. The van der Waals surface area contributed by atoms with Crippen LogP contribution in [0.4, 0.5) is 17.2 Å². The maximum Gasteiger partial charge on any atom is 0.315 e. The fourth-order valence-electron chi connectivity index (χ4n) is 3.89. The molecule has 2 aromatic rings. The molecule has 0 aliphatic carbocycles. The van der Waals surface area contributed by atoms with Crippen molar-refractivity contribution >= 4 is 40.6 Å². The van der Waals surface area contributed by atoms with Gasteiger partial charge in [-0.25, -0.2) is 9.98 Å². The predicted octanol–water partition coefficient (Wildman–Crippen LogP) is 3.35. The highest BCUT2D eigenvalue weighted by molar-refractivity contribution is 7.98. The molecule has 0 saturated heterocycles. The molecular formula is C19H18N4O4S. The van der Waals surface area contributed by atoms with E-state index in [1.54, 1.807) is 30.8 Å². The van der Waals surface area contributed by atoms with Crippen molar-refractivity contribution < 1.29 is 14.5 Å². The minimum Gasteiger partial charge on any atom is -0.468 e. The van der Waals surface area contributed by atoms with Gasteiger partial charge in [-0.2, -0.15) is 11.8 Å². The van der Waals surface area contributed by atoms with E-state index in [1.807, 2.05) is 0 Å². The molecule has 0 radical (unpaired) electrons. The van der Waals surface area contributed by atoms with Gasteiger partial charge >= 0.3 is 5.97 Å². The fraction of sp³-hybridized carbons (Fsp3) is 0.316. The third kappa shape index (κ3) is 2.82. The molecule has 2 N–H and O–H groups in total. The van der Waals surface area contributed by atoms with Crippen LogP contribution in [-0.2, 0) is 21.0 Å². The number of benzene rings is 1. The number of nitro benzene ring substituents is 1. The van der Waals surface area contributed by atoms with E-state index in [4.69, 9.17) is 10.5 Å². The number of aliphatic imine (C=N–C) groups is 1. The maximum absolute atomic E-state index is 12.6. The van der Waals surface area contributed by atoms with Gasteiger partial charge in [0.2, 0.25) is 0 Å². The molecule has 9 heteroatoms. The first kappa shape index (κ1) is 18.4. The van der Waals surface area contributed by atoms with E-state index >= 15 is 0 Å². The third-order valence-electron chi connectivity index (χ3n) is 5.20. The van der Waals surface area contributed by atoms with Crippen molar-refractivity contribution in [3.63, 3.8) is 0 Å². The molecule has 3 heterocycles. The number of nitro groups is 1. The van der Waals surface area contributed by atoms with Gasteiger partial charge in [-0.15, -0.1) is 0 Å². The van der Waals surface area contributed by atoms with Crippen molar-refractivity contribution in [1.29, 1.82) is 0 Å². The van der Waals surface area contributed by atoms with E-state index in [1.165, 1.54) is 19.2 Å². The van der Waals surface area contributed by atoms with Crippen LogP contribution in [0.2, 0.25) is 0 Å². The smallest absolute Gasteiger partial charge is 0.315 e. The Morgan fingerprint density at radius 2 is 2.18 bits per heavy atom. The molecule has 2 unspecified atom stereocenters. The second-order valence-corrected chi connectivity index (χ2v) is 7.75. The molecule has 2 aliphatic rings. The molecule has 2 aliphatic heterocycles. The number of aromatic nitrogens is 1. The summed E-state index contributed by atoms with van der Waals surface area (Å²) in [5.74, 6) is 0.252. The third-order valence-corrected chi connectivity index (χ3v) is 6.17. The Morgan fingerprint density at radius 3 is 2.89 bits per heavy atom. The monoisotopic (exact) mass is 398 g/mol. The number of carbonyl (C=O) groups excluding carboxylic acids is 1. The highest BCUT2D eigenvalue weighted by Crippen LogP contribution is 2.48. The van der Waals surface area contributed by atoms with Crippen LogP contribution in [0.5, 0.6) is 0 Å². The Bertz CT molecular complexity index is 1040. The van der Waals surface area contributed by atoms with Crippen LogP contribution >= 0.6 is 11.8 Å². The summed E-state index contributed by atoms with van der Waals surface area (Å²) in [5.41, 5.74) is 10.7. The number of fused-ring (bicyclic) bond motifs is 2. The van der Waals surface area contributed by atoms with Crippen molar-refractivity contribution in [3.8, 4) is 0 Å². The summed E-state index contributed by atoms with van der Waals surface area (Å²) >= 11 is 1.72. The van der Waals surface area contributed by atoms with Crippen molar-refractivity contribution in [3.05, 3.63) is 56.8 Å². The summed E-state index contributed by atoms with van der Waals surface area (Å²) in [6, 6.07) is 6.26. The largest absolute Gasteiger partial charge is 0.468 e. The quantitative estimate of drug-likeness (QED) is 0.478. The summed E-state index contributed by atoms with van der Waals surface area (Å²) in [6.07, 6.45) is 0. The number of esters is 1. The topological polar surface area (TPSA) is 121 Å². The van der Waals surface area contributed by atoms with Crippen molar-refractivity contribution in [2.45, 2.75) is 24.3 Å². The Labute approximate surface area is 165 Å².